The normalized spacial score (nSPS) is 13.7. The second kappa shape index (κ2) is 9.17. The van der Waals surface area contributed by atoms with Crippen LogP contribution in [-0.4, -0.2) is 36.1 Å². The lowest BCUT2D eigenvalue weighted by Gasteiger charge is -2.19. The Morgan fingerprint density at radius 1 is 1.18 bits per heavy atom. The van der Waals surface area contributed by atoms with E-state index in [1.807, 2.05) is 6.07 Å². The minimum absolute atomic E-state index is 0.0157. The van der Waals surface area contributed by atoms with Gasteiger partial charge in [0.25, 0.3) is 5.91 Å². The molecule has 0 atom stereocenters. The van der Waals surface area contributed by atoms with Crippen LogP contribution in [0.4, 0.5) is 14.5 Å². The van der Waals surface area contributed by atoms with Crippen LogP contribution in [0.1, 0.15) is 15.9 Å². The number of ether oxygens (including phenoxy) is 1. The third-order valence-corrected chi connectivity index (χ3v) is 6.17. The molecule has 4 rings (SSSR count). The van der Waals surface area contributed by atoms with Gasteiger partial charge in [0, 0.05) is 29.8 Å². The summed E-state index contributed by atoms with van der Waals surface area (Å²) in [5.74, 6) is -2.09. The van der Waals surface area contributed by atoms with Gasteiger partial charge in [0.05, 0.1) is 33.8 Å². The smallest absolute Gasteiger partial charge is 0.253 e. The molecule has 0 aromatic heterocycles. The van der Waals surface area contributed by atoms with E-state index in [0.717, 1.165) is 18.0 Å². The molecule has 0 saturated carbocycles. The Morgan fingerprint density at radius 2 is 1.97 bits per heavy atom. The van der Waals surface area contributed by atoms with E-state index < -0.39 is 11.6 Å². The second-order valence-electron chi connectivity index (χ2n) is 7.22. The average Bonchev–Trinajstić information content (AvgIpc) is 2.80. The molecule has 6 nitrogen and oxygen atoms in total. The second-order valence-corrected chi connectivity index (χ2v) is 8.47. The Bertz CT molecular complexity index is 1310. The fourth-order valence-electron chi connectivity index (χ4n) is 3.27. The van der Waals surface area contributed by atoms with Crippen molar-refractivity contribution in [1.82, 2.24) is 4.90 Å². The largest absolute Gasteiger partial charge is 0.505 e. The molecule has 0 spiro atoms. The zero-order chi connectivity index (χ0) is 23.7. The van der Waals surface area contributed by atoms with Crippen molar-refractivity contribution in [1.29, 1.82) is 5.26 Å². The summed E-state index contributed by atoms with van der Waals surface area (Å²) in [5.41, 5.74) is 0.685. The number of aromatic hydroxyl groups is 1. The number of carbonyl (C=O) groups excluding carboxylic acids is 1. The maximum absolute atomic E-state index is 14.8. The third-order valence-electron chi connectivity index (χ3n) is 5.03. The summed E-state index contributed by atoms with van der Waals surface area (Å²) in [4.78, 5) is 14.4. The summed E-state index contributed by atoms with van der Waals surface area (Å²) in [6.07, 6.45) is 0. The van der Waals surface area contributed by atoms with Crippen molar-refractivity contribution in [2.45, 2.75) is 4.90 Å². The molecule has 0 unspecified atom stereocenters. The molecule has 0 saturated heterocycles. The predicted molar refractivity (Wildman–Crippen MR) is 122 cm³/mol. The van der Waals surface area contributed by atoms with Crippen LogP contribution in [0.2, 0.25) is 5.02 Å². The number of anilines is 1. The Kier molecular flexibility index (Phi) is 6.31. The van der Waals surface area contributed by atoms with Crippen molar-refractivity contribution in [3.63, 3.8) is 0 Å². The quantitative estimate of drug-likeness (QED) is 0.410. The topological polar surface area (TPSA) is 85.6 Å². The number of fused-ring (bicyclic) bond motifs is 6. The van der Waals surface area contributed by atoms with E-state index in [9.17, 15) is 23.9 Å². The molecule has 10 heteroatoms. The molecule has 1 amide bonds. The molecular formula is C23H16ClF2N3O3S. The minimum atomic E-state index is -0.871. The molecule has 0 aliphatic carbocycles. The van der Waals surface area contributed by atoms with Crippen molar-refractivity contribution in [3.8, 4) is 28.7 Å². The van der Waals surface area contributed by atoms with Gasteiger partial charge in [-0.05, 0) is 48.3 Å². The van der Waals surface area contributed by atoms with Crippen molar-refractivity contribution in [2.75, 3.05) is 24.9 Å². The number of amides is 1. The van der Waals surface area contributed by atoms with Crippen molar-refractivity contribution in [3.05, 3.63) is 70.2 Å². The van der Waals surface area contributed by atoms with Gasteiger partial charge in [0.15, 0.2) is 0 Å². The summed E-state index contributed by atoms with van der Waals surface area (Å²) >= 11 is 6.91. The van der Waals surface area contributed by atoms with E-state index >= 15 is 0 Å². The third kappa shape index (κ3) is 4.53. The molecule has 0 fully saturated rings. The van der Waals surface area contributed by atoms with Gasteiger partial charge in [-0.2, -0.15) is 5.26 Å². The van der Waals surface area contributed by atoms with Crippen LogP contribution in [0.15, 0.2) is 47.4 Å². The molecule has 3 aromatic carbocycles. The lowest BCUT2D eigenvalue weighted by molar-refractivity contribution is 0.0773. The van der Waals surface area contributed by atoms with Crippen LogP contribution in [0.25, 0.3) is 11.1 Å². The number of nitrogens with zero attached hydrogens (tertiary/aromatic N) is 2. The van der Waals surface area contributed by atoms with E-state index in [1.54, 1.807) is 7.05 Å². The molecule has 1 aliphatic rings. The number of phenolic OH excluding ortho intramolecular Hbond substituents is 1. The molecule has 0 radical (unpaired) electrons. The standard InChI is InChI=1S/C23H16ClF2N3O3S/c1-29-4-5-32-20-3-2-12(11-27)6-15(20)14-9-19(18(26)10-17(14)25)28-33-21-8-13(23(29)31)7-16(24)22(21)30/h2-3,6-10,28,30H,4-5H2,1H3. The van der Waals surface area contributed by atoms with Crippen LogP contribution in [0.3, 0.4) is 0 Å². The van der Waals surface area contributed by atoms with Gasteiger partial charge in [-0.1, -0.05) is 11.6 Å². The van der Waals surface area contributed by atoms with Crippen molar-refractivity contribution >= 4 is 35.1 Å². The van der Waals surface area contributed by atoms with Crippen LogP contribution >= 0.6 is 23.5 Å². The minimum Gasteiger partial charge on any atom is -0.505 e. The van der Waals surface area contributed by atoms with E-state index in [-0.39, 0.29) is 68.4 Å². The van der Waals surface area contributed by atoms with Crippen LogP contribution in [0, 0.1) is 23.0 Å². The Morgan fingerprint density at radius 3 is 2.73 bits per heavy atom. The predicted octanol–water partition coefficient (Wildman–Crippen LogP) is 5.45. The molecule has 33 heavy (non-hydrogen) atoms. The van der Waals surface area contributed by atoms with Crippen LogP contribution < -0.4 is 9.46 Å². The van der Waals surface area contributed by atoms with E-state index in [4.69, 9.17) is 16.3 Å². The number of hydrogen-bond acceptors (Lipinski definition) is 6. The maximum Gasteiger partial charge on any atom is 0.253 e. The first-order valence-corrected chi connectivity index (χ1v) is 10.8. The number of benzene rings is 3. The molecule has 2 N–H and O–H groups in total. The number of carbonyl (C=O) groups is 1. The van der Waals surface area contributed by atoms with Crippen LogP contribution in [0.5, 0.6) is 11.5 Å². The number of rotatable bonds is 0. The zero-order valence-corrected chi connectivity index (χ0v) is 18.7. The van der Waals surface area contributed by atoms with Gasteiger partial charge >= 0.3 is 0 Å². The van der Waals surface area contributed by atoms with Gasteiger partial charge in [0.1, 0.15) is 29.7 Å². The molecular weight excluding hydrogens is 472 g/mol. The fourth-order valence-corrected chi connectivity index (χ4v) is 4.31. The van der Waals surface area contributed by atoms with Crippen LogP contribution in [-0.2, 0) is 0 Å². The van der Waals surface area contributed by atoms with Crippen molar-refractivity contribution in [2.24, 2.45) is 0 Å². The van der Waals surface area contributed by atoms with Gasteiger partial charge in [-0.3, -0.25) is 4.79 Å². The summed E-state index contributed by atoms with van der Waals surface area (Å²) in [6, 6.07) is 11.2. The zero-order valence-electron chi connectivity index (χ0n) is 17.2. The van der Waals surface area contributed by atoms with E-state index in [2.05, 4.69) is 4.72 Å². The summed E-state index contributed by atoms with van der Waals surface area (Å²) in [5, 5.41) is 19.5. The highest BCUT2D eigenvalue weighted by molar-refractivity contribution is 8.00. The molecule has 4 bridgehead atoms. The number of hydrogen-bond donors (Lipinski definition) is 2. The van der Waals surface area contributed by atoms with E-state index in [1.165, 1.54) is 41.3 Å². The lowest BCUT2D eigenvalue weighted by Crippen LogP contribution is -2.31. The number of phenols is 1. The van der Waals surface area contributed by atoms with Crippen molar-refractivity contribution < 1.29 is 23.4 Å². The summed E-state index contributed by atoms with van der Waals surface area (Å²) in [7, 11) is 1.58. The molecule has 3 aromatic rings. The molecule has 1 heterocycles. The van der Waals surface area contributed by atoms with Gasteiger partial charge < -0.3 is 19.5 Å². The van der Waals surface area contributed by atoms with Gasteiger partial charge in [-0.25, -0.2) is 8.78 Å². The van der Waals surface area contributed by atoms with Gasteiger partial charge in [0.2, 0.25) is 0 Å². The first-order chi connectivity index (χ1) is 15.8. The first kappa shape index (κ1) is 22.7. The number of halogens is 3. The number of nitrogens with one attached hydrogen (secondary N) is 1. The Labute approximate surface area is 197 Å². The Balaban J connectivity index is 1.87. The lowest BCUT2D eigenvalue weighted by atomic mass is 10.0. The molecule has 168 valence electrons. The average molecular weight is 488 g/mol. The summed E-state index contributed by atoms with van der Waals surface area (Å²) < 4.78 is 37.9. The summed E-state index contributed by atoms with van der Waals surface area (Å²) in [6.45, 7) is 0.261. The highest BCUT2D eigenvalue weighted by Crippen LogP contribution is 2.39. The first-order valence-electron chi connectivity index (χ1n) is 9.65. The number of nitriles is 1. The highest BCUT2D eigenvalue weighted by atomic mass is 35.5. The Hall–Kier alpha value is -3.48. The maximum atomic E-state index is 14.8. The van der Waals surface area contributed by atoms with Gasteiger partial charge in [-0.15, -0.1) is 0 Å². The monoisotopic (exact) mass is 487 g/mol. The SMILES string of the molecule is CN1CCOc2ccc(C#N)cc2-c2cc(c(F)cc2F)NSc2cc(cc(Cl)c2O)C1=O. The highest BCUT2D eigenvalue weighted by Gasteiger charge is 2.20. The molecule has 1 aliphatic heterocycles. The fraction of sp³-hybridized carbons (Fsp3) is 0.130. The van der Waals surface area contributed by atoms with E-state index in [0.29, 0.717) is 0 Å². The number of likely N-dealkylation sites (N-methyl/N-ethyl adjacent to an activating group) is 1.